The van der Waals surface area contributed by atoms with Gasteiger partial charge in [-0.25, -0.2) is 0 Å². The third-order valence-corrected chi connectivity index (χ3v) is 3.66. The monoisotopic (exact) mass is 328 g/mol. The Morgan fingerprint density at radius 1 is 1.04 bits per heavy atom. The number of hydrogen-bond donors (Lipinski definition) is 1. The Kier molecular flexibility index (Phi) is 5.08. The highest BCUT2D eigenvalue weighted by atomic mass is 16.5. The Morgan fingerprint density at radius 3 is 2.60 bits per heavy atom. The lowest BCUT2D eigenvalue weighted by Crippen LogP contribution is -2.07. The van der Waals surface area contributed by atoms with Gasteiger partial charge in [0.1, 0.15) is 11.8 Å². The first kappa shape index (κ1) is 16.3. The minimum atomic E-state index is -0.210. The third kappa shape index (κ3) is 4.24. The van der Waals surface area contributed by atoms with E-state index in [0.29, 0.717) is 11.4 Å². The van der Waals surface area contributed by atoms with Crippen LogP contribution in [0, 0.1) is 11.3 Å². The van der Waals surface area contributed by atoms with Crippen molar-refractivity contribution in [1.82, 2.24) is 0 Å². The fraction of sp³-hybridized carbons (Fsp3) is 0.0476. The van der Waals surface area contributed by atoms with E-state index in [2.05, 4.69) is 5.32 Å². The smallest absolute Gasteiger partial charge is 0.248 e. The van der Waals surface area contributed by atoms with Crippen LogP contribution >= 0.6 is 0 Å². The molecule has 122 valence electrons. The molecule has 0 saturated carbocycles. The quantitative estimate of drug-likeness (QED) is 0.706. The van der Waals surface area contributed by atoms with Crippen LogP contribution in [0.15, 0.2) is 72.8 Å². The van der Waals surface area contributed by atoms with E-state index >= 15 is 0 Å². The summed E-state index contributed by atoms with van der Waals surface area (Å²) in [5, 5.41) is 13.5. The molecule has 0 atom stereocenters. The zero-order valence-electron chi connectivity index (χ0n) is 13.5. The summed E-state index contributed by atoms with van der Waals surface area (Å²) in [6.45, 7) is -0.000520. The maximum Gasteiger partial charge on any atom is 0.248 e. The number of nitrogens with zero attached hydrogens (tertiary/aromatic N) is 1. The molecule has 25 heavy (non-hydrogen) atoms. The van der Waals surface area contributed by atoms with Crippen LogP contribution in [-0.2, 0) is 4.79 Å². The summed E-state index contributed by atoms with van der Waals surface area (Å²) in [6, 6.07) is 22.8. The Labute approximate surface area is 146 Å². The van der Waals surface area contributed by atoms with Crippen molar-refractivity contribution >= 4 is 28.4 Å². The number of carbonyl (C=O) groups excluding carboxylic acids is 1. The zero-order chi connectivity index (χ0) is 17.5. The third-order valence-electron chi connectivity index (χ3n) is 3.66. The summed E-state index contributed by atoms with van der Waals surface area (Å²) < 4.78 is 5.17. The second-order valence-electron chi connectivity index (χ2n) is 5.36. The van der Waals surface area contributed by atoms with Gasteiger partial charge in [0.2, 0.25) is 5.91 Å². The Morgan fingerprint density at radius 2 is 1.80 bits per heavy atom. The number of nitrogens with one attached hydrogen (secondary N) is 1. The summed E-state index contributed by atoms with van der Waals surface area (Å²) >= 11 is 0. The van der Waals surface area contributed by atoms with Gasteiger partial charge < -0.3 is 10.1 Å². The first-order chi connectivity index (χ1) is 12.3. The SMILES string of the molecule is N#CCOc1ccc(NC(=O)/C=C/c2cccc3ccccc23)cc1. The molecule has 3 aromatic carbocycles. The van der Waals surface area contributed by atoms with Gasteiger partial charge in [-0.05, 0) is 46.7 Å². The lowest BCUT2D eigenvalue weighted by atomic mass is 10.0. The highest BCUT2D eigenvalue weighted by Crippen LogP contribution is 2.20. The van der Waals surface area contributed by atoms with Crippen LogP contribution in [0.5, 0.6) is 5.75 Å². The maximum absolute atomic E-state index is 12.1. The number of ether oxygens (including phenoxy) is 1. The van der Waals surface area contributed by atoms with Crippen molar-refractivity contribution in [1.29, 1.82) is 5.26 Å². The molecule has 4 nitrogen and oxygen atoms in total. The second-order valence-corrected chi connectivity index (χ2v) is 5.36. The highest BCUT2D eigenvalue weighted by Gasteiger charge is 2.01. The van der Waals surface area contributed by atoms with E-state index in [1.54, 1.807) is 24.3 Å². The Hall–Kier alpha value is -3.58. The molecule has 0 fully saturated rings. The molecule has 0 heterocycles. The van der Waals surface area contributed by atoms with Crippen LogP contribution in [0.25, 0.3) is 16.8 Å². The van der Waals surface area contributed by atoms with Gasteiger partial charge in [0.15, 0.2) is 6.61 Å². The average Bonchev–Trinajstić information content (AvgIpc) is 2.66. The van der Waals surface area contributed by atoms with Crippen LogP contribution in [0.1, 0.15) is 5.56 Å². The molecule has 0 saturated heterocycles. The van der Waals surface area contributed by atoms with Crippen molar-refractivity contribution in [2.45, 2.75) is 0 Å². The zero-order valence-corrected chi connectivity index (χ0v) is 13.5. The van der Waals surface area contributed by atoms with Crippen molar-refractivity contribution in [3.05, 3.63) is 78.4 Å². The van der Waals surface area contributed by atoms with Gasteiger partial charge in [0, 0.05) is 11.8 Å². The Balaban J connectivity index is 1.67. The minimum absolute atomic E-state index is 0.000520. The number of benzene rings is 3. The molecule has 4 heteroatoms. The van der Waals surface area contributed by atoms with Crippen molar-refractivity contribution in [3.63, 3.8) is 0 Å². The molecular weight excluding hydrogens is 312 g/mol. The number of fused-ring (bicyclic) bond motifs is 1. The molecule has 1 amide bonds. The van der Waals surface area contributed by atoms with Crippen molar-refractivity contribution in [3.8, 4) is 11.8 Å². The van der Waals surface area contributed by atoms with Gasteiger partial charge >= 0.3 is 0 Å². The van der Waals surface area contributed by atoms with Crippen LogP contribution in [0.2, 0.25) is 0 Å². The first-order valence-corrected chi connectivity index (χ1v) is 7.83. The molecule has 0 aliphatic heterocycles. The van der Waals surface area contributed by atoms with Gasteiger partial charge in [-0.2, -0.15) is 5.26 Å². The van der Waals surface area contributed by atoms with E-state index in [1.807, 2.05) is 54.6 Å². The number of hydrogen-bond acceptors (Lipinski definition) is 3. The lowest BCUT2D eigenvalue weighted by molar-refractivity contribution is -0.111. The minimum Gasteiger partial charge on any atom is -0.479 e. The number of amides is 1. The van der Waals surface area contributed by atoms with E-state index in [9.17, 15) is 4.79 Å². The fourth-order valence-electron chi connectivity index (χ4n) is 2.50. The Bertz CT molecular complexity index is 948. The standard InChI is InChI=1S/C21H16N2O2/c22-14-15-25-19-11-9-18(10-12-19)23-21(24)13-8-17-6-3-5-16-4-1-2-7-20(16)17/h1-13H,15H2,(H,23,24)/b13-8+. The van der Waals surface area contributed by atoms with Gasteiger partial charge in [-0.15, -0.1) is 0 Å². The number of anilines is 1. The summed E-state index contributed by atoms with van der Waals surface area (Å²) in [5.41, 5.74) is 1.66. The van der Waals surface area contributed by atoms with Gasteiger partial charge in [-0.3, -0.25) is 4.79 Å². The van der Waals surface area contributed by atoms with E-state index < -0.39 is 0 Å². The molecule has 0 aromatic heterocycles. The van der Waals surface area contributed by atoms with Crippen molar-refractivity contribution in [2.24, 2.45) is 0 Å². The molecule has 1 N–H and O–H groups in total. The molecule has 3 rings (SSSR count). The molecule has 0 aliphatic carbocycles. The molecule has 0 aliphatic rings. The first-order valence-electron chi connectivity index (χ1n) is 7.83. The van der Waals surface area contributed by atoms with E-state index in [0.717, 1.165) is 16.3 Å². The number of carbonyl (C=O) groups is 1. The van der Waals surface area contributed by atoms with E-state index in [1.165, 1.54) is 6.08 Å². The maximum atomic E-state index is 12.1. The molecule has 0 bridgehead atoms. The van der Waals surface area contributed by atoms with Crippen molar-refractivity contribution in [2.75, 3.05) is 11.9 Å². The molecule has 0 radical (unpaired) electrons. The molecule has 3 aromatic rings. The lowest BCUT2D eigenvalue weighted by Gasteiger charge is -2.05. The largest absolute Gasteiger partial charge is 0.479 e. The predicted molar refractivity (Wildman–Crippen MR) is 99.2 cm³/mol. The molecular formula is C21H16N2O2. The van der Waals surface area contributed by atoms with Crippen LogP contribution in [-0.4, -0.2) is 12.5 Å². The van der Waals surface area contributed by atoms with E-state index in [-0.39, 0.29) is 12.5 Å². The summed E-state index contributed by atoms with van der Waals surface area (Å²) in [7, 11) is 0. The normalized spacial score (nSPS) is 10.5. The average molecular weight is 328 g/mol. The number of nitriles is 1. The summed E-state index contributed by atoms with van der Waals surface area (Å²) in [6.07, 6.45) is 3.32. The van der Waals surface area contributed by atoms with Gasteiger partial charge in [0.25, 0.3) is 0 Å². The topological polar surface area (TPSA) is 62.1 Å². The molecule has 0 spiro atoms. The second kappa shape index (κ2) is 7.80. The van der Waals surface area contributed by atoms with E-state index in [4.69, 9.17) is 10.00 Å². The molecule has 0 unspecified atom stereocenters. The van der Waals surface area contributed by atoms with Crippen molar-refractivity contribution < 1.29 is 9.53 Å². The van der Waals surface area contributed by atoms with Crippen LogP contribution in [0.4, 0.5) is 5.69 Å². The highest BCUT2D eigenvalue weighted by molar-refractivity contribution is 6.03. The predicted octanol–water partition coefficient (Wildman–Crippen LogP) is 4.39. The summed E-state index contributed by atoms with van der Waals surface area (Å²) in [4.78, 5) is 12.1. The van der Waals surface area contributed by atoms with Crippen LogP contribution in [0.3, 0.4) is 0 Å². The van der Waals surface area contributed by atoms with Crippen LogP contribution < -0.4 is 10.1 Å². The number of rotatable bonds is 5. The van der Waals surface area contributed by atoms with Gasteiger partial charge in [0.05, 0.1) is 0 Å². The fourth-order valence-corrected chi connectivity index (χ4v) is 2.50. The summed E-state index contributed by atoms with van der Waals surface area (Å²) in [5.74, 6) is 0.379. The van der Waals surface area contributed by atoms with Gasteiger partial charge in [-0.1, -0.05) is 42.5 Å².